The van der Waals surface area contributed by atoms with Crippen molar-refractivity contribution in [2.45, 2.75) is 25.8 Å². The van der Waals surface area contributed by atoms with Gasteiger partial charge in [0.05, 0.1) is 13.7 Å². The van der Waals surface area contributed by atoms with Crippen molar-refractivity contribution in [3.05, 3.63) is 24.3 Å². The van der Waals surface area contributed by atoms with Gasteiger partial charge >= 0.3 is 12.1 Å². The van der Waals surface area contributed by atoms with Gasteiger partial charge in [-0.05, 0) is 31.9 Å². The Labute approximate surface area is 135 Å². The van der Waals surface area contributed by atoms with Gasteiger partial charge in [0.25, 0.3) is 0 Å². The molecule has 2 rings (SSSR count). The van der Waals surface area contributed by atoms with Crippen LogP contribution in [0.4, 0.5) is 15.3 Å². The molecule has 23 heavy (non-hydrogen) atoms. The summed E-state index contributed by atoms with van der Waals surface area (Å²) in [5.74, 6) is 0.686. The maximum Gasteiger partial charge on any atom is 0.409 e. The van der Waals surface area contributed by atoms with E-state index in [9.17, 15) is 9.59 Å². The number of amides is 3. The molecule has 0 atom stereocenters. The van der Waals surface area contributed by atoms with E-state index in [1.165, 1.54) is 0 Å². The Morgan fingerprint density at radius 2 is 2.04 bits per heavy atom. The first-order chi connectivity index (χ1) is 11.1. The summed E-state index contributed by atoms with van der Waals surface area (Å²) in [6.07, 6.45) is 1.14. The van der Waals surface area contributed by atoms with E-state index in [1.807, 2.05) is 12.1 Å². The largest absolute Gasteiger partial charge is 0.497 e. The number of anilines is 1. The number of carbonyl (C=O) groups is 2. The Balaban J connectivity index is 1.77. The summed E-state index contributed by atoms with van der Waals surface area (Å²) in [6.45, 7) is 3.33. The molecule has 1 aromatic carbocycles. The molecule has 2 N–H and O–H groups in total. The Morgan fingerprint density at radius 3 is 2.70 bits per heavy atom. The number of urea groups is 1. The van der Waals surface area contributed by atoms with Gasteiger partial charge in [0.2, 0.25) is 0 Å². The molecule has 7 heteroatoms. The number of nitrogens with one attached hydrogen (secondary N) is 2. The van der Waals surface area contributed by atoms with Crippen LogP contribution in [0.1, 0.15) is 19.8 Å². The van der Waals surface area contributed by atoms with E-state index in [-0.39, 0.29) is 18.2 Å². The second kappa shape index (κ2) is 8.26. The Kier molecular flexibility index (Phi) is 6.08. The van der Waals surface area contributed by atoms with Gasteiger partial charge in [-0.1, -0.05) is 6.07 Å². The van der Waals surface area contributed by atoms with E-state index >= 15 is 0 Å². The van der Waals surface area contributed by atoms with Crippen LogP contribution in [0.3, 0.4) is 0 Å². The summed E-state index contributed by atoms with van der Waals surface area (Å²) in [7, 11) is 1.58. The molecule has 1 heterocycles. The predicted octanol–water partition coefficient (Wildman–Crippen LogP) is 2.44. The second-order valence-corrected chi connectivity index (χ2v) is 5.29. The van der Waals surface area contributed by atoms with Gasteiger partial charge in [-0.2, -0.15) is 0 Å². The third-order valence-corrected chi connectivity index (χ3v) is 3.68. The third kappa shape index (κ3) is 5.05. The summed E-state index contributed by atoms with van der Waals surface area (Å²) in [5, 5.41) is 5.71. The van der Waals surface area contributed by atoms with Gasteiger partial charge in [0.1, 0.15) is 5.75 Å². The average Bonchev–Trinajstić information content (AvgIpc) is 2.55. The number of likely N-dealkylation sites (tertiary alicyclic amines) is 1. The van der Waals surface area contributed by atoms with Crippen LogP contribution in [0.5, 0.6) is 5.75 Å². The molecular weight excluding hydrogens is 298 g/mol. The molecule has 3 amide bonds. The smallest absolute Gasteiger partial charge is 0.409 e. The van der Waals surface area contributed by atoms with E-state index in [0.29, 0.717) is 44.0 Å². The van der Waals surface area contributed by atoms with Crippen molar-refractivity contribution in [1.82, 2.24) is 10.2 Å². The van der Waals surface area contributed by atoms with E-state index in [4.69, 9.17) is 9.47 Å². The topological polar surface area (TPSA) is 79.9 Å². The zero-order valence-corrected chi connectivity index (χ0v) is 13.5. The lowest BCUT2D eigenvalue weighted by Crippen LogP contribution is -2.47. The highest BCUT2D eigenvalue weighted by molar-refractivity contribution is 5.89. The first-order valence-corrected chi connectivity index (χ1v) is 7.75. The fraction of sp³-hybridized carbons (Fsp3) is 0.500. The summed E-state index contributed by atoms with van der Waals surface area (Å²) in [4.78, 5) is 25.3. The SMILES string of the molecule is CCOC(=O)N1CCC(NC(=O)Nc2cccc(OC)c2)CC1. The van der Waals surface area contributed by atoms with Crippen molar-refractivity contribution in [2.75, 3.05) is 32.1 Å². The molecule has 0 bridgehead atoms. The number of carbonyl (C=O) groups excluding carboxylic acids is 2. The Morgan fingerprint density at radius 1 is 1.30 bits per heavy atom. The first-order valence-electron chi connectivity index (χ1n) is 7.75. The maximum atomic E-state index is 12.0. The van der Waals surface area contributed by atoms with Crippen molar-refractivity contribution in [1.29, 1.82) is 0 Å². The standard InChI is InChI=1S/C16H23N3O4/c1-3-23-16(21)19-9-7-12(8-10-19)17-15(20)18-13-5-4-6-14(11-13)22-2/h4-6,11-12H,3,7-10H2,1-2H3,(H2,17,18,20). The number of hydrogen-bond acceptors (Lipinski definition) is 4. The van der Waals surface area contributed by atoms with Gasteiger partial charge in [-0.3, -0.25) is 0 Å². The van der Waals surface area contributed by atoms with Crippen molar-refractivity contribution in [3.63, 3.8) is 0 Å². The molecule has 1 saturated heterocycles. The Hall–Kier alpha value is -2.44. The molecule has 1 aromatic rings. The lowest BCUT2D eigenvalue weighted by Gasteiger charge is -2.31. The monoisotopic (exact) mass is 321 g/mol. The highest BCUT2D eigenvalue weighted by atomic mass is 16.6. The van der Waals surface area contributed by atoms with E-state index in [0.717, 1.165) is 0 Å². The van der Waals surface area contributed by atoms with Gasteiger partial charge in [0, 0.05) is 30.9 Å². The van der Waals surface area contributed by atoms with E-state index < -0.39 is 0 Å². The molecule has 0 spiro atoms. The van der Waals surface area contributed by atoms with E-state index in [1.54, 1.807) is 31.1 Å². The van der Waals surface area contributed by atoms with Crippen molar-refractivity contribution >= 4 is 17.8 Å². The first kappa shape index (κ1) is 16.9. The number of methoxy groups -OCH3 is 1. The quantitative estimate of drug-likeness (QED) is 0.892. The van der Waals surface area contributed by atoms with Crippen LogP contribution in [0, 0.1) is 0 Å². The van der Waals surface area contributed by atoms with Gasteiger partial charge < -0.3 is 25.0 Å². The number of piperidine rings is 1. The highest BCUT2D eigenvalue weighted by Crippen LogP contribution is 2.17. The van der Waals surface area contributed by atoms with Crippen LogP contribution >= 0.6 is 0 Å². The minimum atomic E-state index is -0.285. The van der Waals surface area contributed by atoms with E-state index in [2.05, 4.69) is 10.6 Å². The summed E-state index contributed by atoms with van der Waals surface area (Å²) in [6, 6.07) is 6.97. The van der Waals surface area contributed by atoms with Gasteiger partial charge in [-0.25, -0.2) is 9.59 Å². The number of hydrogen-bond donors (Lipinski definition) is 2. The summed E-state index contributed by atoms with van der Waals surface area (Å²) >= 11 is 0. The van der Waals surface area contributed by atoms with Crippen molar-refractivity contribution < 1.29 is 19.1 Å². The third-order valence-electron chi connectivity index (χ3n) is 3.68. The highest BCUT2D eigenvalue weighted by Gasteiger charge is 2.24. The molecule has 0 aliphatic carbocycles. The van der Waals surface area contributed by atoms with Crippen LogP contribution in [0.2, 0.25) is 0 Å². The number of ether oxygens (including phenoxy) is 2. The average molecular weight is 321 g/mol. The zero-order valence-electron chi connectivity index (χ0n) is 13.5. The fourth-order valence-corrected chi connectivity index (χ4v) is 2.47. The number of benzene rings is 1. The summed E-state index contributed by atoms with van der Waals surface area (Å²) in [5.41, 5.74) is 0.672. The minimum absolute atomic E-state index is 0.0475. The fourth-order valence-electron chi connectivity index (χ4n) is 2.47. The molecule has 0 aromatic heterocycles. The van der Waals surface area contributed by atoms with Crippen LogP contribution in [-0.2, 0) is 4.74 Å². The maximum absolute atomic E-state index is 12.0. The molecule has 1 aliphatic heterocycles. The van der Waals surface area contributed by atoms with Crippen LogP contribution in [0.15, 0.2) is 24.3 Å². The van der Waals surface area contributed by atoms with Crippen LogP contribution < -0.4 is 15.4 Å². The molecule has 0 unspecified atom stereocenters. The lowest BCUT2D eigenvalue weighted by atomic mass is 10.1. The van der Waals surface area contributed by atoms with Gasteiger partial charge in [0.15, 0.2) is 0 Å². The number of rotatable bonds is 4. The molecule has 7 nitrogen and oxygen atoms in total. The normalized spacial score (nSPS) is 15.0. The van der Waals surface area contributed by atoms with Crippen molar-refractivity contribution in [3.8, 4) is 5.75 Å². The summed E-state index contributed by atoms with van der Waals surface area (Å²) < 4.78 is 10.1. The van der Waals surface area contributed by atoms with Crippen LogP contribution in [0.25, 0.3) is 0 Å². The molecular formula is C16H23N3O4. The molecule has 1 fully saturated rings. The lowest BCUT2D eigenvalue weighted by molar-refractivity contribution is 0.0959. The molecule has 0 radical (unpaired) electrons. The Bertz CT molecular complexity index is 542. The molecule has 1 aliphatic rings. The molecule has 126 valence electrons. The van der Waals surface area contributed by atoms with Gasteiger partial charge in [-0.15, -0.1) is 0 Å². The minimum Gasteiger partial charge on any atom is -0.497 e. The van der Waals surface area contributed by atoms with Crippen molar-refractivity contribution in [2.24, 2.45) is 0 Å². The number of nitrogens with zero attached hydrogens (tertiary/aromatic N) is 1. The molecule has 0 saturated carbocycles. The second-order valence-electron chi connectivity index (χ2n) is 5.29. The zero-order chi connectivity index (χ0) is 16.7. The van der Waals surface area contributed by atoms with Crippen LogP contribution in [-0.4, -0.2) is 49.9 Å². The predicted molar refractivity (Wildman–Crippen MR) is 86.8 cm³/mol.